The molecular weight excluding hydrogens is 284 g/mol. The molecule has 0 aromatic heterocycles. The van der Waals surface area contributed by atoms with E-state index in [0.717, 1.165) is 29.9 Å². The Morgan fingerprint density at radius 2 is 1.65 bits per heavy atom. The van der Waals surface area contributed by atoms with Crippen molar-refractivity contribution in [2.75, 3.05) is 13.2 Å². The fourth-order valence-corrected chi connectivity index (χ4v) is 2.22. The van der Waals surface area contributed by atoms with Gasteiger partial charge in [0.25, 0.3) is 0 Å². The van der Waals surface area contributed by atoms with Gasteiger partial charge in [0.2, 0.25) is 0 Å². The standard InChI is InChI=1S/C21H24O2/c1-18(17-23-21-13-7-4-8-14-21)16-19(2)22-15-9-12-20-10-5-3-6-11-20/h3-8,10-11,13-14,16H,1,9,12,15,17H2,2H3/b19-16+. The lowest BCUT2D eigenvalue weighted by Crippen LogP contribution is -2.00. The Bertz CT molecular complexity index is 615. The normalized spacial score (nSPS) is 11.1. The lowest BCUT2D eigenvalue weighted by atomic mass is 10.1. The van der Waals surface area contributed by atoms with Gasteiger partial charge in [-0.05, 0) is 49.1 Å². The first kappa shape index (κ1) is 16.9. The maximum absolute atomic E-state index is 5.73. The van der Waals surface area contributed by atoms with E-state index in [0.29, 0.717) is 13.2 Å². The number of aryl methyl sites for hydroxylation is 1. The zero-order chi connectivity index (χ0) is 16.3. The molecule has 2 nitrogen and oxygen atoms in total. The number of para-hydroxylation sites is 1. The minimum absolute atomic E-state index is 0.467. The Kier molecular flexibility index (Phi) is 6.99. The van der Waals surface area contributed by atoms with E-state index in [2.05, 4.69) is 30.8 Å². The van der Waals surface area contributed by atoms with Gasteiger partial charge in [-0.1, -0.05) is 55.1 Å². The highest BCUT2D eigenvalue weighted by molar-refractivity contribution is 5.24. The molecule has 0 radical (unpaired) electrons. The zero-order valence-corrected chi connectivity index (χ0v) is 13.7. The minimum atomic E-state index is 0.467. The van der Waals surface area contributed by atoms with Crippen LogP contribution in [0.3, 0.4) is 0 Å². The average Bonchev–Trinajstić information content (AvgIpc) is 2.59. The summed E-state index contributed by atoms with van der Waals surface area (Å²) in [6.45, 7) is 7.14. The first-order valence-corrected chi connectivity index (χ1v) is 7.94. The number of ether oxygens (including phenoxy) is 2. The summed E-state index contributed by atoms with van der Waals surface area (Å²) in [6, 6.07) is 20.2. The molecule has 23 heavy (non-hydrogen) atoms. The van der Waals surface area contributed by atoms with Gasteiger partial charge in [-0.15, -0.1) is 0 Å². The van der Waals surface area contributed by atoms with Crippen molar-refractivity contribution in [2.24, 2.45) is 0 Å². The second kappa shape index (κ2) is 9.52. The van der Waals surface area contributed by atoms with Gasteiger partial charge >= 0.3 is 0 Å². The van der Waals surface area contributed by atoms with Crippen molar-refractivity contribution in [2.45, 2.75) is 19.8 Å². The predicted molar refractivity (Wildman–Crippen MR) is 95.5 cm³/mol. The molecule has 2 rings (SSSR count). The summed E-state index contributed by atoms with van der Waals surface area (Å²) in [7, 11) is 0. The van der Waals surface area contributed by atoms with Crippen molar-refractivity contribution in [1.29, 1.82) is 0 Å². The molecule has 0 spiro atoms. The molecule has 0 amide bonds. The number of hydrogen-bond donors (Lipinski definition) is 0. The summed E-state index contributed by atoms with van der Waals surface area (Å²) in [4.78, 5) is 0. The summed E-state index contributed by atoms with van der Waals surface area (Å²) in [5, 5.41) is 0. The molecule has 0 unspecified atom stereocenters. The quantitative estimate of drug-likeness (QED) is 0.361. The molecule has 0 aliphatic heterocycles. The van der Waals surface area contributed by atoms with E-state index in [1.54, 1.807) is 0 Å². The lowest BCUT2D eigenvalue weighted by molar-refractivity contribution is 0.209. The van der Waals surface area contributed by atoms with Crippen LogP contribution in [-0.2, 0) is 11.2 Å². The molecule has 0 aliphatic rings. The third kappa shape index (κ3) is 6.88. The first-order valence-electron chi connectivity index (χ1n) is 7.94. The van der Waals surface area contributed by atoms with E-state index in [-0.39, 0.29) is 0 Å². The van der Waals surface area contributed by atoms with Crippen LogP contribution in [0.2, 0.25) is 0 Å². The SMILES string of the molecule is C=C(/C=C(\C)OCCCc1ccccc1)COc1ccccc1. The maximum atomic E-state index is 5.73. The molecular formula is C21H24O2. The Morgan fingerprint density at radius 1 is 1.00 bits per heavy atom. The van der Waals surface area contributed by atoms with E-state index in [9.17, 15) is 0 Å². The number of rotatable bonds is 9. The van der Waals surface area contributed by atoms with Gasteiger partial charge in [0.05, 0.1) is 12.4 Å². The zero-order valence-electron chi connectivity index (χ0n) is 13.7. The third-order valence-corrected chi connectivity index (χ3v) is 3.36. The van der Waals surface area contributed by atoms with Crippen molar-refractivity contribution in [3.8, 4) is 5.75 Å². The first-order chi connectivity index (χ1) is 11.2. The van der Waals surface area contributed by atoms with Gasteiger partial charge < -0.3 is 9.47 Å². The van der Waals surface area contributed by atoms with Crippen molar-refractivity contribution >= 4 is 0 Å². The summed E-state index contributed by atoms with van der Waals surface area (Å²) < 4.78 is 11.4. The van der Waals surface area contributed by atoms with Crippen molar-refractivity contribution in [1.82, 2.24) is 0 Å². The molecule has 0 fully saturated rings. The Labute approximate surface area is 139 Å². The topological polar surface area (TPSA) is 18.5 Å². The Morgan fingerprint density at radius 3 is 2.35 bits per heavy atom. The Hall–Kier alpha value is -2.48. The summed E-state index contributed by atoms with van der Waals surface area (Å²) in [5.74, 6) is 1.73. The van der Waals surface area contributed by atoms with E-state index >= 15 is 0 Å². The highest BCUT2D eigenvalue weighted by Gasteiger charge is 1.97. The summed E-state index contributed by atoms with van der Waals surface area (Å²) in [5.41, 5.74) is 2.24. The largest absolute Gasteiger partial charge is 0.498 e. The van der Waals surface area contributed by atoms with Crippen LogP contribution in [0.4, 0.5) is 0 Å². The third-order valence-electron chi connectivity index (χ3n) is 3.36. The molecule has 120 valence electrons. The van der Waals surface area contributed by atoms with E-state index in [1.165, 1.54) is 5.56 Å². The molecule has 0 bridgehead atoms. The second-order valence-corrected chi connectivity index (χ2v) is 5.45. The van der Waals surface area contributed by atoms with Crippen LogP contribution in [0.25, 0.3) is 0 Å². The molecule has 0 heterocycles. The molecule has 0 saturated heterocycles. The highest BCUT2D eigenvalue weighted by Crippen LogP contribution is 2.11. The monoisotopic (exact) mass is 308 g/mol. The molecule has 0 saturated carbocycles. The number of allylic oxidation sites excluding steroid dienone is 1. The van der Waals surface area contributed by atoms with Crippen LogP contribution in [0.1, 0.15) is 18.9 Å². The fraction of sp³-hybridized carbons (Fsp3) is 0.238. The van der Waals surface area contributed by atoms with Gasteiger partial charge in [0.1, 0.15) is 12.4 Å². The molecule has 0 aliphatic carbocycles. The number of hydrogen-bond acceptors (Lipinski definition) is 2. The highest BCUT2D eigenvalue weighted by atomic mass is 16.5. The minimum Gasteiger partial charge on any atom is -0.498 e. The van der Waals surface area contributed by atoms with Gasteiger partial charge in [-0.2, -0.15) is 0 Å². The van der Waals surface area contributed by atoms with Crippen LogP contribution in [-0.4, -0.2) is 13.2 Å². The van der Waals surface area contributed by atoms with Gasteiger partial charge in [-0.25, -0.2) is 0 Å². The van der Waals surface area contributed by atoms with Crippen molar-refractivity contribution in [3.63, 3.8) is 0 Å². The van der Waals surface area contributed by atoms with E-state index in [1.807, 2.05) is 49.4 Å². The molecule has 2 aromatic rings. The summed E-state index contributed by atoms with van der Waals surface area (Å²) in [6.07, 6.45) is 3.97. The van der Waals surface area contributed by atoms with Crippen LogP contribution in [0.5, 0.6) is 5.75 Å². The average molecular weight is 308 g/mol. The van der Waals surface area contributed by atoms with Gasteiger partial charge in [-0.3, -0.25) is 0 Å². The molecule has 2 aromatic carbocycles. The van der Waals surface area contributed by atoms with Crippen LogP contribution in [0, 0.1) is 0 Å². The molecule has 0 N–H and O–H groups in total. The maximum Gasteiger partial charge on any atom is 0.119 e. The molecule has 2 heteroatoms. The van der Waals surface area contributed by atoms with Crippen LogP contribution >= 0.6 is 0 Å². The van der Waals surface area contributed by atoms with E-state index < -0.39 is 0 Å². The lowest BCUT2D eigenvalue weighted by Gasteiger charge is -2.09. The second-order valence-electron chi connectivity index (χ2n) is 5.45. The Balaban J connectivity index is 1.65. The van der Waals surface area contributed by atoms with Gasteiger partial charge in [0, 0.05) is 0 Å². The predicted octanol–water partition coefficient (Wildman–Crippen LogP) is 5.17. The smallest absolute Gasteiger partial charge is 0.119 e. The van der Waals surface area contributed by atoms with Crippen molar-refractivity contribution in [3.05, 3.63) is 90.2 Å². The fourth-order valence-electron chi connectivity index (χ4n) is 2.22. The summed E-state index contributed by atoms with van der Waals surface area (Å²) >= 11 is 0. The van der Waals surface area contributed by atoms with Crippen LogP contribution in [0.15, 0.2) is 84.7 Å². The van der Waals surface area contributed by atoms with E-state index in [4.69, 9.17) is 9.47 Å². The van der Waals surface area contributed by atoms with Crippen LogP contribution < -0.4 is 4.74 Å². The number of benzene rings is 2. The van der Waals surface area contributed by atoms with Crippen molar-refractivity contribution < 1.29 is 9.47 Å². The molecule has 0 atom stereocenters. The van der Waals surface area contributed by atoms with Gasteiger partial charge in [0.15, 0.2) is 0 Å².